The Labute approximate surface area is 95.8 Å². The fourth-order valence-corrected chi connectivity index (χ4v) is 1.59. The first-order chi connectivity index (χ1) is 7.63. The summed E-state index contributed by atoms with van der Waals surface area (Å²) in [5, 5.41) is 2.85. The summed E-state index contributed by atoms with van der Waals surface area (Å²) >= 11 is 0. The average molecular weight is 224 g/mol. The normalized spacial score (nSPS) is 12.8. The quantitative estimate of drug-likeness (QED) is 0.663. The van der Waals surface area contributed by atoms with Gasteiger partial charge in [-0.1, -0.05) is 13.8 Å². The minimum atomic E-state index is -0.0945. The van der Waals surface area contributed by atoms with Gasteiger partial charge in [-0.2, -0.15) is 0 Å². The van der Waals surface area contributed by atoms with E-state index in [4.69, 9.17) is 5.73 Å². The Bertz CT molecular complexity index is 308. The van der Waals surface area contributed by atoms with Crippen molar-refractivity contribution in [1.82, 2.24) is 15.3 Å². The third-order valence-electron chi connectivity index (χ3n) is 2.42. The van der Waals surface area contributed by atoms with Crippen molar-refractivity contribution in [2.45, 2.75) is 26.8 Å². The first-order valence-corrected chi connectivity index (χ1v) is 5.58. The second-order valence-corrected chi connectivity index (χ2v) is 4.36. The summed E-state index contributed by atoms with van der Waals surface area (Å²) in [5.74, 6) is 0.403. The Morgan fingerprint density at radius 1 is 1.62 bits per heavy atom. The van der Waals surface area contributed by atoms with Crippen LogP contribution < -0.4 is 11.1 Å². The highest BCUT2D eigenvalue weighted by Gasteiger charge is 2.17. The van der Waals surface area contributed by atoms with E-state index in [2.05, 4.69) is 29.1 Å². The number of hydrogen-bond acceptors (Lipinski definition) is 3. The number of hydrogen-bond donors (Lipinski definition) is 3. The largest absolute Gasteiger partial charge is 0.350 e. The van der Waals surface area contributed by atoms with Crippen LogP contribution in [-0.4, -0.2) is 22.4 Å². The highest BCUT2D eigenvalue weighted by molar-refractivity contribution is 5.78. The van der Waals surface area contributed by atoms with Crippen molar-refractivity contribution in [2.24, 2.45) is 17.6 Å². The van der Waals surface area contributed by atoms with Crippen LogP contribution in [-0.2, 0) is 11.3 Å². The number of carbonyl (C=O) groups is 1. The van der Waals surface area contributed by atoms with Crippen LogP contribution >= 0.6 is 0 Å². The zero-order chi connectivity index (χ0) is 12.0. The van der Waals surface area contributed by atoms with Gasteiger partial charge in [0, 0.05) is 12.7 Å². The number of rotatable bonds is 6. The van der Waals surface area contributed by atoms with Crippen molar-refractivity contribution < 1.29 is 4.79 Å². The van der Waals surface area contributed by atoms with Gasteiger partial charge in [-0.3, -0.25) is 4.79 Å². The molecule has 0 aliphatic carbocycles. The molecule has 1 rings (SSSR count). The molecule has 0 radical (unpaired) electrons. The van der Waals surface area contributed by atoms with E-state index < -0.39 is 0 Å². The molecule has 90 valence electrons. The molecule has 1 aromatic heterocycles. The van der Waals surface area contributed by atoms with Gasteiger partial charge in [0.2, 0.25) is 5.91 Å². The Morgan fingerprint density at radius 2 is 2.38 bits per heavy atom. The molecule has 0 saturated carbocycles. The Morgan fingerprint density at radius 3 is 2.88 bits per heavy atom. The summed E-state index contributed by atoms with van der Waals surface area (Å²) in [7, 11) is 0. The first-order valence-electron chi connectivity index (χ1n) is 5.58. The monoisotopic (exact) mass is 224 g/mol. The fraction of sp³-hybridized carbons (Fsp3) is 0.636. The Hall–Kier alpha value is -1.36. The minimum Gasteiger partial charge on any atom is -0.350 e. The molecule has 0 aliphatic heterocycles. The predicted octanol–water partition coefficient (Wildman–Crippen LogP) is 0.647. The topological polar surface area (TPSA) is 83.8 Å². The summed E-state index contributed by atoms with van der Waals surface area (Å²) < 4.78 is 0. The molecule has 4 N–H and O–H groups in total. The van der Waals surface area contributed by atoms with Crippen molar-refractivity contribution >= 4 is 5.91 Å². The highest BCUT2D eigenvalue weighted by Crippen LogP contribution is 2.10. The second-order valence-electron chi connectivity index (χ2n) is 4.36. The number of nitrogens with one attached hydrogen (secondary N) is 2. The second kappa shape index (κ2) is 6.27. The van der Waals surface area contributed by atoms with Crippen LogP contribution in [0.25, 0.3) is 0 Å². The summed E-state index contributed by atoms with van der Waals surface area (Å²) in [6.45, 7) is 5.05. The van der Waals surface area contributed by atoms with Gasteiger partial charge in [0.05, 0.1) is 24.5 Å². The molecule has 0 fully saturated rings. The van der Waals surface area contributed by atoms with Crippen LogP contribution in [0.3, 0.4) is 0 Å². The third-order valence-corrected chi connectivity index (χ3v) is 2.42. The lowest BCUT2D eigenvalue weighted by molar-refractivity contribution is -0.125. The average Bonchev–Trinajstić information content (AvgIpc) is 2.75. The van der Waals surface area contributed by atoms with Gasteiger partial charge in [-0.25, -0.2) is 4.98 Å². The molecule has 0 aliphatic rings. The minimum absolute atomic E-state index is 0.0193. The number of aromatic nitrogens is 2. The van der Waals surface area contributed by atoms with Crippen molar-refractivity contribution in [2.75, 3.05) is 6.54 Å². The maximum atomic E-state index is 11.8. The van der Waals surface area contributed by atoms with E-state index in [0.717, 1.165) is 12.1 Å². The molecule has 1 atom stereocenters. The molecule has 5 heteroatoms. The lowest BCUT2D eigenvalue weighted by Crippen LogP contribution is -2.35. The standard InChI is InChI=1S/C11H20N4O/c1-8(2)3-9(4-12)11(16)14-6-10-5-13-7-15-10/h5,7-9H,3-4,6,12H2,1-2H3,(H,13,15)(H,14,16). The summed E-state index contributed by atoms with van der Waals surface area (Å²) in [4.78, 5) is 18.6. The van der Waals surface area contributed by atoms with Gasteiger partial charge in [0.15, 0.2) is 0 Å². The lowest BCUT2D eigenvalue weighted by atomic mass is 9.96. The van der Waals surface area contributed by atoms with Crippen molar-refractivity contribution in [3.8, 4) is 0 Å². The van der Waals surface area contributed by atoms with E-state index in [1.807, 2.05) is 0 Å². The van der Waals surface area contributed by atoms with Crippen LogP contribution in [0.4, 0.5) is 0 Å². The smallest absolute Gasteiger partial charge is 0.224 e. The van der Waals surface area contributed by atoms with E-state index in [-0.39, 0.29) is 11.8 Å². The number of aromatic amines is 1. The predicted molar refractivity (Wildman–Crippen MR) is 62.4 cm³/mol. The molecule has 0 bridgehead atoms. The number of imidazole rings is 1. The lowest BCUT2D eigenvalue weighted by Gasteiger charge is -2.16. The van der Waals surface area contributed by atoms with E-state index >= 15 is 0 Å². The van der Waals surface area contributed by atoms with Crippen molar-refractivity contribution in [1.29, 1.82) is 0 Å². The zero-order valence-corrected chi connectivity index (χ0v) is 9.86. The van der Waals surface area contributed by atoms with Crippen LogP contribution in [0.2, 0.25) is 0 Å². The van der Waals surface area contributed by atoms with Gasteiger partial charge in [0.1, 0.15) is 0 Å². The van der Waals surface area contributed by atoms with Crippen LogP contribution in [0.15, 0.2) is 12.5 Å². The SMILES string of the molecule is CC(C)CC(CN)C(=O)NCc1cnc[nH]1. The molecule has 5 nitrogen and oxygen atoms in total. The third kappa shape index (κ3) is 4.02. The molecule has 1 amide bonds. The van der Waals surface area contributed by atoms with Gasteiger partial charge in [-0.15, -0.1) is 0 Å². The van der Waals surface area contributed by atoms with Crippen LogP contribution in [0.5, 0.6) is 0 Å². The fourth-order valence-electron chi connectivity index (χ4n) is 1.59. The van der Waals surface area contributed by atoms with Gasteiger partial charge in [0.25, 0.3) is 0 Å². The molecule has 1 aromatic rings. The van der Waals surface area contributed by atoms with E-state index in [9.17, 15) is 4.79 Å². The summed E-state index contributed by atoms with van der Waals surface area (Å²) in [5.41, 5.74) is 6.49. The van der Waals surface area contributed by atoms with Gasteiger partial charge in [-0.05, 0) is 12.3 Å². The van der Waals surface area contributed by atoms with E-state index in [0.29, 0.717) is 19.0 Å². The number of nitrogens with zero attached hydrogens (tertiary/aromatic N) is 1. The molecule has 1 unspecified atom stereocenters. The maximum absolute atomic E-state index is 11.8. The highest BCUT2D eigenvalue weighted by atomic mass is 16.1. The molecule has 0 spiro atoms. The van der Waals surface area contributed by atoms with Crippen LogP contribution in [0.1, 0.15) is 26.0 Å². The van der Waals surface area contributed by atoms with E-state index in [1.165, 1.54) is 0 Å². The van der Waals surface area contributed by atoms with Crippen molar-refractivity contribution in [3.05, 3.63) is 18.2 Å². The molecular formula is C11H20N4O. The first kappa shape index (κ1) is 12.7. The Balaban J connectivity index is 2.37. The zero-order valence-electron chi connectivity index (χ0n) is 9.86. The molecule has 0 aromatic carbocycles. The van der Waals surface area contributed by atoms with Crippen LogP contribution in [0, 0.1) is 11.8 Å². The molecule has 1 heterocycles. The van der Waals surface area contributed by atoms with Gasteiger partial charge < -0.3 is 16.0 Å². The molecular weight excluding hydrogens is 204 g/mol. The molecule has 0 saturated heterocycles. The van der Waals surface area contributed by atoms with Gasteiger partial charge >= 0.3 is 0 Å². The summed E-state index contributed by atoms with van der Waals surface area (Å²) in [6.07, 6.45) is 4.11. The summed E-state index contributed by atoms with van der Waals surface area (Å²) in [6, 6.07) is 0. The number of carbonyl (C=O) groups excluding carboxylic acids is 1. The Kier molecular flexibility index (Phi) is 4.98. The van der Waals surface area contributed by atoms with E-state index in [1.54, 1.807) is 12.5 Å². The maximum Gasteiger partial charge on any atom is 0.224 e. The number of amides is 1. The number of nitrogens with two attached hydrogens (primary N) is 1. The molecule has 16 heavy (non-hydrogen) atoms. The van der Waals surface area contributed by atoms with Crippen molar-refractivity contribution in [3.63, 3.8) is 0 Å². The number of H-pyrrole nitrogens is 1.